The van der Waals surface area contributed by atoms with Gasteiger partial charge in [-0.2, -0.15) is 0 Å². The van der Waals surface area contributed by atoms with Crippen LogP contribution in [-0.2, 0) is 4.74 Å². The lowest BCUT2D eigenvalue weighted by Crippen LogP contribution is -2.32. The Morgan fingerprint density at radius 3 is 1.17 bits per heavy atom. The number of likely N-dealkylation sites (tertiary alicyclic amines) is 1. The number of hydrogen-bond acceptors (Lipinski definition) is 9. The van der Waals surface area contributed by atoms with Gasteiger partial charge in [-0.15, -0.1) is 22.7 Å². The summed E-state index contributed by atoms with van der Waals surface area (Å²) in [5.41, 5.74) is 3.11. The molecule has 6 rings (SSSR count). The summed E-state index contributed by atoms with van der Waals surface area (Å²) in [5.74, 6) is 4.55. The molecular weight excluding hydrogens is 707 g/mol. The molecule has 54 heavy (non-hydrogen) atoms. The minimum absolute atomic E-state index is 0.387. The molecule has 7 nitrogen and oxygen atoms in total. The van der Waals surface area contributed by atoms with Crippen LogP contribution in [-0.4, -0.2) is 95.5 Å². The fourth-order valence-electron chi connectivity index (χ4n) is 4.61. The van der Waals surface area contributed by atoms with Crippen LogP contribution in [0.4, 0.5) is 0 Å². The number of aromatic nitrogens is 2. The third kappa shape index (κ3) is 51.1. The molecule has 3 atom stereocenters. The molecule has 2 aromatic rings. The first-order valence-electron chi connectivity index (χ1n) is 21.2. The largest absolute Gasteiger partial charge is 0.389 e. The predicted molar refractivity (Wildman–Crippen MR) is 246 cm³/mol. The van der Waals surface area contributed by atoms with Crippen LogP contribution in [0.2, 0.25) is 0 Å². The van der Waals surface area contributed by atoms with Crippen molar-refractivity contribution in [3.63, 3.8) is 0 Å². The number of morpholine rings is 1. The third-order valence-electron chi connectivity index (χ3n) is 6.99. The topological polar surface area (TPSA) is 73.8 Å². The number of ether oxygens (including phenoxy) is 1. The SMILES string of the molecule is C1CC2CCCN2C1.C1COCCN1.CC(C)C.CC(C)C.CC(C)C.CC(C)C.CC(C)C.CC1C(C)C(C)(O)CN1C.c1cscn1.c1cscn1. The molecule has 6 heterocycles. The lowest BCUT2D eigenvalue weighted by atomic mass is 9.91. The van der Waals surface area contributed by atoms with Gasteiger partial charge in [0.05, 0.1) is 29.8 Å². The summed E-state index contributed by atoms with van der Waals surface area (Å²) in [7, 11) is 2.06. The molecule has 0 radical (unpaired) electrons. The molecule has 0 aliphatic carbocycles. The van der Waals surface area contributed by atoms with Gasteiger partial charge >= 0.3 is 0 Å². The molecule has 2 N–H and O–H groups in total. The molecule has 9 heteroatoms. The van der Waals surface area contributed by atoms with Crippen molar-refractivity contribution in [2.24, 2.45) is 35.5 Å². The molecule has 0 spiro atoms. The highest BCUT2D eigenvalue weighted by Crippen LogP contribution is 2.31. The molecular formula is C45H95N5O2S2. The smallest absolute Gasteiger partial charge is 0.0791 e. The summed E-state index contributed by atoms with van der Waals surface area (Å²) in [6.07, 6.45) is 9.44. The number of fused-ring (bicyclic) bond motifs is 1. The van der Waals surface area contributed by atoms with Gasteiger partial charge in [0.25, 0.3) is 0 Å². The number of aliphatic hydroxyl groups is 1. The van der Waals surface area contributed by atoms with Crippen LogP contribution in [0.3, 0.4) is 0 Å². The van der Waals surface area contributed by atoms with E-state index in [1.165, 1.54) is 38.8 Å². The van der Waals surface area contributed by atoms with Crippen molar-refractivity contribution in [2.45, 2.75) is 168 Å². The van der Waals surface area contributed by atoms with Crippen molar-refractivity contribution in [3.8, 4) is 0 Å². The fourth-order valence-corrected chi connectivity index (χ4v) is 5.31. The van der Waals surface area contributed by atoms with Crippen molar-refractivity contribution in [1.82, 2.24) is 25.1 Å². The minimum atomic E-state index is -0.478. The van der Waals surface area contributed by atoms with Crippen molar-refractivity contribution in [3.05, 3.63) is 34.2 Å². The van der Waals surface area contributed by atoms with E-state index in [4.69, 9.17) is 4.74 Å². The Bertz CT molecular complexity index is 780. The van der Waals surface area contributed by atoms with Crippen LogP contribution in [0.5, 0.6) is 0 Å². The molecule has 4 saturated heterocycles. The zero-order chi connectivity index (χ0) is 42.5. The standard InChI is InChI=1S/C8H17NO.C7H13N.C4H9NO.5C4H10.2C3H3NS/c1-6-7(2)9(4)5-8(6,3)10;1-3-7-4-2-6-8(7)5-1;1-3-6-4-2-5-1;5*1-4(2)3;2*1-2-5-3-4-1/h6-7,10H,5H2,1-4H3;7H,1-6H2;5H,1-4H2;5*4H,1-3H3;2*1-3H. The fraction of sp³-hybridized carbons (Fsp3) is 0.867. The number of rotatable bonds is 0. The third-order valence-corrected chi connectivity index (χ3v) is 8.04. The van der Waals surface area contributed by atoms with Gasteiger partial charge in [0.2, 0.25) is 0 Å². The van der Waals surface area contributed by atoms with Crippen molar-refractivity contribution in [1.29, 1.82) is 0 Å². The van der Waals surface area contributed by atoms with E-state index in [2.05, 4.69) is 150 Å². The molecule has 324 valence electrons. The summed E-state index contributed by atoms with van der Waals surface area (Å²) in [6, 6.07) is 1.52. The summed E-state index contributed by atoms with van der Waals surface area (Å²) in [5, 5.41) is 16.8. The van der Waals surface area contributed by atoms with Gasteiger partial charge in [-0.1, -0.05) is 111 Å². The van der Waals surface area contributed by atoms with Crippen LogP contribution >= 0.6 is 22.7 Å². The van der Waals surface area contributed by atoms with E-state index in [0.717, 1.165) is 68.5 Å². The lowest BCUT2D eigenvalue weighted by molar-refractivity contribution is 0.0355. The highest BCUT2D eigenvalue weighted by atomic mass is 32.1. The normalized spacial score (nSPS) is 21.4. The first-order chi connectivity index (χ1) is 25.1. The number of β-amino-alcohol motifs (C(OH)–C–C–N with tert-alkyl or cyclic N) is 1. The van der Waals surface area contributed by atoms with Gasteiger partial charge in [-0.25, -0.2) is 0 Å². The number of nitrogens with one attached hydrogen (secondary N) is 1. The van der Waals surface area contributed by atoms with Crippen LogP contribution in [0, 0.1) is 35.5 Å². The maximum atomic E-state index is 9.76. The van der Waals surface area contributed by atoms with Gasteiger partial charge in [-0.05, 0) is 89.3 Å². The Kier molecular flexibility index (Phi) is 44.5. The lowest BCUT2D eigenvalue weighted by Gasteiger charge is -2.22. The average molecular weight is 802 g/mol. The van der Waals surface area contributed by atoms with Crippen LogP contribution in [0.25, 0.3) is 0 Å². The van der Waals surface area contributed by atoms with Crippen LogP contribution in [0.15, 0.2) is 34.2 Å². The summed E-state index contributed by atoms with van der Waals surface area (Å²) >= 11 is 3.20. The Hall–Kier alpha value is -0.940. The molecule has 0 aromatic carbocycles. The first-order valence-corrected chi connectivity index (χ1v) is 23.1. The molecule has 0 amide bonds. The number of hydrogen-bond donors (Lipinski definition) is 2. The van der Waals surface area contributed by atoms with E-state index in [-0.39, 0.29) is 0 Å². The maximum Gasteiger partial charge on any atom is 0.0791 e. The molecule has 4 aliphatic heterocycles. The Labute approximate surface area is 346 Å². The van der Waals surface area contributed by atoms with Crippen LogP contribution < -0.4 is 5.32 Å². The van der Waals surface area contributed by atoms with Crippen molar-refractivity contribution >= 4 is 22.7 Å². The molecule has 0 saturated carbocycles. The molecule has 3 unspecified atom stereocenters. The number of likely N-dealkylation sites (N-methyl/N-ethyl adjacent to an activating group) is 1. The zero-order valence-corrected chi connectivity index (χ0v) is 41.0. The first kappa shape index (κ1) is 59.7. The molecule has 2 aromatic heterocycles. The molecule has 4 aliphatic rings. The van der Waals surface area contributed by atoms with E-state index in [0.29, 0.717) is 12.0 Å². The molecule has 0 bridgehead atoms. The van der Waals surface area contributed by atoms with Crippen LogP contribution in [0.1, 0.15) is 150 Å². The van der Waals surface area contributed by atoms with Crippen molar-refractivity contribution in [2.75, 3.05) is 53.0 Å². The van der Waals surface area contributed by atoms with Gasteiger partial charge < -0.3 is 25.0 Å². The number of thiazole rings is 2. The second-order valence-electron chi connectivity index (χ2n) is 18.1. The zero-order valence-electron chi connectivity index (χ0n) is 39.3. The summed E-state index contributed by atoms with van der Waals surface area (Å²) in [6.45, 7) is 46.1. The second kappa shape index (κ2) is 40.3. The Morgan fingerprint density at radius 2 is 1.04 bits per heavy atom. The van der Waals surface area contributed by atoms with Gasteiger partial charge in [-0.3, -0.25) is 9.97 Å². The van der Waals surface area contributed by atoms with E-state index >= 15 is 0 Å². The summed E-state index contributed by atoms with van der Waals surface area (Å²) in [4.78, 5) is 12.3. The number of nitrogens with zero attached hydrogens (tertiary/aromatic N) is 4. The maximum absolute atomic E-state index is 9.76. The Balaban J connectivity index is -0.000000263. The summed E-state index contributed by atoms with van der Waals surface area (Å²) < 4.78 is 5.01. The van der Waals surface area contributed by atoms with Gasteiger partial charge in [0.15, 0.2) is 0 Å². The predicted octanol–water partition coefficient (Wildman–Crippen LogP) is 12.2. The van der Waals surface area contributed by atoms with E-state index in [9.17, 15) is 5.11 Å². The highest BCUT2D eigenvalue weighted by molar-refractivity contribution is 7.07. The van der Waals surface area contributed by atoms with E-state index < -0.39 is 5.60 Å². The minimum Gasteiger partial charge on any atom is -0.389 e. The molecule has 4 fully saturated rings. The quantitative estimate of drug-likeness (QED) is 0.275. The highest BCUT2D eigenvalue weighted by Gasteiger charge is 2.41. The second-order valence-corrected chi connectivity index (χ2v) is 19.7. The van der Waals surface area contributed by atoms with E-state index in [1.54, 1.807) is 46.1 Å². The van der Waals surface area contributed by atoms with Gasteiger partial charge in [0, 0.05) is 60.8 Å². The van der Waals surface area contributed by atoms with Crippen molar-refractivity contribution < 1.29 is 9.84 Å². The van der Waals surface area contributed by atoms with E-state index in [1.807, 2.05) is 17.7 Å². The average Bonchev–Trinajstić information content (AvgIpc) is 3.89. The van der Waals surface area contributed by atoms with Gasteiger partial charge in [0.1, 0.15) is 0 Å². The Morgan fingerprint density at radius 1 is 0.685 bits per heavy atom. The monoisotopic (exact) mass is 802 g/mol.